The summed E-state index contributed by atoms with van der Waals surface area (Å²) in [6, 6.07) is 20.0. The van der Waals surface area contributed by atoms with E-state index in [1.54, 1.807) is 0 Å². The van der Waals surface area contributed by atoms with E-state index in [0.29, 0.717) is 12.2 Å². The van der Waals surface area contributed by atoms with Gasteiger partial charge in [0.2, 0.25) is 0 Å². The van der Waals surface area contributed by atoms with Crippen molar-refractivity contribution in [2.45, 2.75) is 50.7 Å². The van der Waals surface area contributed by atoms with Crippen LogP contribution in [0, 0.1) is 5.92 Å². The van der Waals surface area contributed by atoms with Crippen molar-refractivity contribution in [2.24, 2.45) is 5.92 Å². The third kappa shape index (κ3) is 6.27. The van der Waals surface area contributed by atoms with Gasteiger partial charge in [-0.15, -0.1) is 0 Å². The number of nitrogens with zero attached hydrogens (tertiary/aromatic N) is 2. The van der Waals surface area contributed by atoms with E-state index in [9.17, 15) is 5.11 Å². The van der Waals surface area contributed by atoms with E-state index in [1.165, 1.54) is 12.0 Å². The summed E-state index contributed by atoms with van der Waals surface area (Å²) < 4.78 is 6.54. The molecule has 1 N–H and O–H groups in total. The van der Waals surface area contributed by atoms with Crippen LogP contribution in [0.4, 0.5) is 0 Å². The van der Waals surface area contributed by atoms with Gasteiger partial charge in [0.25, 0.3) is 0 Å². The molecule has 0 bridgehead atoms. The van der Waals surface area contributed by atoms with Crippen LogP contribution in [-0.4, -0.2) is 35.4 Å². The Bertz CT molecular complexity index is 1020. The summed E-state index contributed by atoms with van der Waals surface area (Å²) in [5, 5.41) is 17.2. The molecule has 1 heterocycles. The molecule has 33 heavy (non-hydrogen) atoms. The molecule has 0 aliphatic heterocycles. The standard InChI is InChI=1S/C27H34ClN2O2.BrH/c1-30(2,17-16-21-10-9-15-24(28)18-21)20-25-19-26(29-32-25)27(31,22-11-5-3-6-12-22)23-13-7-4-8-14-23;/h3,5-6,9-12,15,18-19,23,31H,4,7-8,13-14,16-17,20H2,1-2H3;1H/q+1;/p-1. The van der Waals surface area contributed by atoms with Crippen LogP contribution in [0.2, 0.25) is 5.02 Å². The number of halogens is 2. The Labute approximate surface area is 212 Å². The Morgan fingerprint density at radius 2 is 1.76 bits per heavy atom. The van der Waals surface area contributed by atoms with Crippen molar-refractivity contribution in [2.75, 3.05) is 20.6 Å². The molecule has 0 radical (unpaired) electrons. The highest BCUT2D eigenvalue weighted by molar-refractivity contribution is 6.30. The summed E-state index contributed by atoms with van der Waals surface area (Å²) in [7, 11) is 4.38. The molecule has 1 saturated carbocycles. The summed E-state index contributed by atoms with van der Waals surface area (Å²) in [6.45, 7) is 1.66. The molecule has 1 fully saturated rings. The molecule has 0 spiro atoms. The van der Waals surface area contributed by atoms with E-state index < -0.39 is 5.60 Å². The molecular weight excluding hydrogens is 500 g/mol. The van der Waals surface area contributed by atoms with Crippen LogP contribution in [0.1, 0.15) is 54.7 Å². The molecule has 6 heteroatoms. The topological polar surface area (TPSA) is 46.3 Å². The minimum atomic E-state index is -1.11. The second-order valence-electron chi connectivity index (χ2n) is 9.84. The lowest BCUT2D eigenvalue weighted by molar-refractivity contribution is -0.904. The van der Waals surface area contributed by atoms with Crippen LogP contribution >= 0.6 is 11.6 Å². The van der Waals surface area contributed by atoms with Gasteiger partial charge in [-0.3, -0.25) is 0 Å². The van der Waals surface area contributed by atoms with E-state index >= 15 is 0 Å². The van der Waals surface area contributed by atoms with Crippen LogP contribution in [0.15, 0.2) is 65.2 Å². The van der Waals surface area contributed by atoms with Crippen molar-refractivity contribution >= 4 is 11.6 Å². The van der Waals surface area contributed by atoms with Crippen molar-refractivity contribution in [3.05, 3.63) is 88.3 Å². The van der Waals surface area contributed by atoms with Crippen molar-refractivity contribution < 1.29 is 31.1 Å². The van der Waals surface area contributed by atoms with Crippen molar-refractivity contribution in [3.8, 4) is 0 Å². The Morgan fingerprint density at radius 3 is 2.45 bits per heavy atom. The molecule has 1 atom stereocenters. The van der Waals surface area contributed by atoms with Gasteiger partial charge in [-0.1, -0.05) is 78.5 Å². The minimum Gasteiger partial charge on any atom is -1.00 e. The third-order valence-electron chi connectivity index (χ3n) is 6.84. The number of quaternary nitrogens is 1. The van der Waals surface area contributed by atoms with Crippen molar-refractivity contribution in [1.29, 1.82) is 0 Å². The lowest BCUT2D eigenvalue weighted by Gasteiger charge is -2.37. The molecule has 1 unspecified atom stereocenters. The Hall–Kier alpha value is -1.66. The average molecular weight is 534 g/mol. The first kappa shape index (κ1) is 26.0. The first-order chi connectivity index (χ1) is 15.4. The van der Waals surface area contributed by atoms with E-state index in [0.717, 1.165) is 59.5 Å². The summed E-state index contributed by atoms with van der Waals surface area (Å²) in [4.78, 5) is 0. The summed E-state index contributed by atoms with van der Waals surface area (Å²) in [5.41, 5.74) is 1.67. The van der Waals surface area contributed by atoms with Crippen LogP contribution in [0.25, 0.3) is 0 Å². The molecule has 2 aromatic carbocycles. The Morgan fingerprint density at radius 1 is 1.03 bits per heavy atom. The highest BCUT2D eigenvalue weighted by Gasteiger charge is 2.43. The average Bonchev–Trinajstić information content (AvgIpc) is 3.27. The molecule has 0 saturated heterocycles. The number of aliphatic hydroxyl groups is 1. The van der Waals surface area contributed by atoms with Gasteiger partial charge in [-0.2, -0.15) is 0 Å². The molecule has 4 rings (SSSR count). The molecule has 1 aliphatic carbocycles. The van der Waals surface area contributed by atoms with Crippen LogP contribution in [-0.2, 0) is 18.6 Å². The molecule has 3 aromatic rings. The number of hydrogen-bond acceptors (Lipinski definition) is 3. The maximum absolute atomic E-state index is 12.0. The molecular formula is C27H34BrClN2O2. The summed E-state index contributed by atoms with van der Waals surface area (Å²) >= 11 is 6.13. The number of likely N-dealkylation sites (N-methyl/N-ethyl adjacent to an activating group) is 1. The van der Waals surface area contributed by atoms with Gasteiger partial charge in [0.15, 0.2) is 5.76 Å². The van der Waals surface area contributed by atoms with Crippen molar-refractivity contribution in [3.63, 3.8) is 0 Å². The Balaban J connectivity index is 0.00000306. The van der Waals surface area contributed by atoms with E-state index in [4.69, 9.17) is 16.1 Å². The summed E-state index contributed by atoms with van der Waals surface area (Å²) in [6.07, 6.45) is 6.49. The van der Waals surface area contributed by atoms with Gasteiger partial charge >= 0.3 is 0 Å². The molecule has 4 nitrogen and oxygen atoms in total. The van der Waals surface area contributed by atoms with Gasteiger partial charge in [0, 0.05) is 17.5 Å². The Kier molecular flexibility index (Phi) is 8.79. The number of rotatable bonds is 8. The van der Waals surface area contributed by atoms with Gasteiger partial charge in [-0.05, 0) is 42.0 Å². The lowest BCUT2D eigenvalue weighted by atomic mass is 9.71. The predicted molar refractivity (Wildman–Crippen MR) is 128 cm³/mol. The van der Waals surface area contributed by atoms with E-state index in [-0.39, 0.29) is 22.9 Å². The van der Waals surface area contributed by atoms with E-state index in [1.807, 2.05) is 54.6 Å². The first-order valence-electron chi connectivity index (χ1n) is 11.7. The quantitative estimate of drug-likeness (QED) is 0.453. The number of hydrogen-bond donors (Lipinski definition) is 1. The van der Waals surface area contributed by atoms with Gasteiger partial charge in [0.1, 0.15) is 17.8 Å². The third-order valence-corrected chi connectivity index (χ3v) is 7.07. The van der Waals surface area contributed by atoms with Crippen LogP contribution in [0.5, 0.6) is 0 Å². The summed E-state index contributed by atoms with van der Waals surface area (Å²) in [5.74, 6) is 0.961. The maximum atomic E-state index is 12.0. The minimum absolute atomic E-state index is 0. The van der Waals surface area contributed by atoms with Crippen LogP contribution in [0.3, 0.4) is 0 Å². The second kappa shape index (κ2) is 11.2. The van der Waals surface area contributed by atoms with Gasteiger partial charge in [0.05, 0.1) is 20.6 Å². The fraction of sp³-hybridized carbons (Fsp3) is 0.444. The zero-order chi connectivity index (χ0) is 22.6. The zero-order valence-corrected chi connectivity index (χ0v) is 21.9. The van der Waals surface area contributed by atoms with Gasteiger partial charge < -0.3 is 31.1 Å². The highest BCUT2D eigenvalue weighted by Crippen LogP contribution is 2.43. The van der Waals surface area contributed by atoms with Crippen LogP contribution < -0.4 is 17.0 Å². The zero-order valence-electron chi connectivity index (χ0n) is 19.5. The maximum Gasteiger partial charge on any atom is 0.191 e. The SMILES string of the molecule is C[N+](C)(CCc1cccc(Cl)c1)Cc1cc(C(O)(c2ccccc2)C2CCCCC2)no1.[Br-]. The largest absolute Gasteiger partial charge is 1.00 e. The fourth-order valence-electron chi connectivity index (χ4n) is 5.00. The first-order valence-corrected chi connectivity index (χ1v) is 12.0. The normalized spacial score (nSPS) is 16.7. The number of benzene rings is 2. The molecule has 1 aromatic heterocycles. The molecule has 1 aliphatic rings. The smallest absolute Gasteiger partial charge is 0.191 e. The monoisotopic (exact) mass is 532 g/mol. The highest BCUT2D eigenvalue weighted by atomic mass is 79.9. The predicted octanol–water partition coefficient (Wildman–Crippen LogP) is 2.97. The lowest BCUT2D eigenvalue weighted by Crippen LogP contribution is -3.00. The van der Waals surface area contributed by atoms with Gasteiger partial charge in [-0.25, -0.2) is 0 Å². The molecule has 178 valence electrons. The second-order valence-corrected chi connectivity index (χ2v) is 10.3. The van der Waals surface area contributed by atoms with E-state index in [2.05, 4.69) is 25.3 Å². The van der Waals surface area contributed by atoms with Crippen molar-refractivity contribution in [1.82, 2.24) is 5.16 Å². The number of aromatic nitrogens is 1. The fourth-order valence-corrected chi connectivity index (χ4v) is 5.21. The molecule has 0 amide bonds.